The molecule has 30 heavy (non-hydrogen) atoms. The molecule has 0 aromatic heterocycles. The Morgan fingerprint density at radius 2 is 1.13 bits per heavy atom. The summed E-state index contributed by atoms with van der Waals surface area (Å²) in [7, 11) is 0. The first-order valence-electron chi connectivity index (χ1n) is 9.72. The summed E-state index contributed by atoms with van der Waals surface area (Å²) in [6.07, 6.45) is 3.50. The van der Waals surface area contributed by atoms with Crippen LogP contribution in [0.4, 0.5) is 0 Å². The second-order valence-corrected chi connectivity index (χ2v) is 7.50. The van der Waals surface area contributed by atoms with E-state index in [1.54, 1.807) is 30.3 Å². The van der Waals surface area contributed by atoms with Crippen LogP contribution in [0.15, 0.2) is 108 Å². The van der Waals surface area contributed by atoms with Crippen LogP contribution >= 0.6 is 11.6 Å². The number of ketones is 2. The van der Waals surface area contributed by atoms with E-state index in [1.165, 1.54) is 0 Å². The molecule has 0 fully saturated rings. The maximum absolute atomic E-state index is 12.9. The van der Waals surface area contributed by atoms with Crippen LogP contribution in [0.1, 0.15) is 31.8 Å². The van der Waals surface area contributed by atoms with E-state index in [9.17, 15) is 9.59 Å². The van der Waals surface area contributed by atoms with Crippen molar-refractivity contribution in [3.63, 3.8) is 0 Å². The lowest BCUT2D eigenvalue weighted by molar-refractivity contribution is 0.0983. The Balaban J connectivity index is 1.64. The molecule has 3 nitrogen and oxygen atoms in total. The van der Waals surface area contributed by atoms with Crippen molar-refractivity contribution in [3.05, 3.63) is 130 Å². The Kier molecular flexibility index (Phi) is 5.92. The van der Waals surface area contributed by atoms with Gasteiger partial charge in [0.25, 0.3) is 0 Å². The molecule has 0 atom stereocenters. The van der Waals surface area contributed by atoms with Crippen molar-refractivity contribution in [1.82, 2.24) is 4.90 Å². The van der Waals surface area contributed by atoms with E-state index >= 15 is 0 Å². The Bertz CT molecular complexity index is 1090. The van der Waals surface area contributed by atoms with Gasteiger partial charge in [-0.25, -0.2) is 0 Å². The van der Waals surface area contributed by atoms with Gasteiger partial charge in [0.2, 0.25) is 5.78 Å². The number of fused-ring (bicyclic) bond motifs is 1. The van der Waals surface area contributed by atoms with Crippen molar-refractivity contribution < 1.29 is 9.59 Å². The van der Waals surface area contributed by atoms with Crippen molar-refractivity contribution in [1.29, 1.82) is 0 Å². The lowest BCUT2D eigenvalue weighted by Crippen LogP contribution is -2.20. The number of carbonyl (C=O) groups excluding carboxylic acids is 2. The van der Waals surface area contributed by atoms with Crippen LogP contribution in [0.25, 0.3) is 0 Å². The summed E-state index contributed by atoms with van der Waals surface area (Å²) in [6.45, 7) is 1.33. The third-order valence-corrected chi connectivity index (χ3v) is 5.38. The van der Waals surface area contributed by atoms with E-state index in [2.05, 4.69) is 29.2 Å². The van der Waals surface area contributed by atoms with Gasteiger partial charge in [0.15, 0.2) is 5.78 Å². The van der Waals surface area contributed by atoms with Crippen LogP contribution in [0, 0.1) is 0 Å². The highest BCUT2D eigenvalue weighted by atomic mass is 35.5. The number of nitrogens with zero attached hydrogens (tertiary/aromatic N) is 1. The monoisotopic (exact) mass is 413 g/mol. The SMILES string of the molecule is O=C1C(Cl)=C(/C=C/N(Cc2ccccc2)Cc2ccccc2)C(=O)c2ccccc21. The van der Waals surface area contributed by atoms with Crippen molar-refractivity contribution in [3.8, 4) is 0 Å². The Morgan fingerprint density at radius 3 is 1.67 bits per heavy atom. The first kappa shape index (κ1) is 19.9. The predicted octanol–water partition coefficient (Wildman–Crippen LogP) is 5.77. The van der Waals surface area contributed by atoms with Gasteiger partial charge in [-0.05, 0) is 17.2 Å². The molecule has 3 aromatic rings. The summed E-state index contributed by atoms with van der Waals surface area (Å²) >= 11 is 6.30. The molecule has 0 unspecified atom stereocenters. The predicted molar refractivity (Wildman–Crippen MR) is 119 cm³/mol. The maximum Gasteiger partial charge on any atom is 0.205 e. The highest BCUT2D eigenvalue weighted by molar-refractivity contribution is 6.50. The molecule has 4 rings (SSSR count). The minimum absolute atomic E-state index is 0.0330. The van der Waals surface area contributed by atoms with Gasteiger partial charge in [0.05, 0.1) is 5.03 Å². The molecule has 0 heterocycles. The molecule has 0 N–H and O–H groups in total. The number of Topliss-reactive ketones (excluding diaryl/α,β-unsaturated/α-hetero) is 2. The molecule has 1 aliphatic carbocycles. The summed E-state index contributed by atoms with van der Waals surface area (Å²) in [5.74, 6) is -0.546. The molecule has 0 spiro atoms. The smallest absolute Gasteiger partial charge is 0.205 e. The molecule has 0 aliphatic heterocycles. The molecule has 0 saturated heterocycles. The topological polar surface area (TPSA) is 37.4 Å². The van der Waals surface area contributed by atoms with Gasteiger partial charge in [0, 0.05) is 36.0 Å². The number of allylic oxidation sites excluding steroid dienone is 3. The summed E-state index contributed by atoms with van der Waals surface area (Å²) in [4.78, 5) is 27.6. The lowest BCUT2D eigenvalue weighted by Gasteiger charge is -2.22. The highest BCUT2D eigenvalue weighted by Crippen LogP contribution is 2.29. The standard InChI is InChI=1S/C26H20ClNO2/c27-24-23(25(29)21-13-7-8-14-22(21)26(24)30)15-16-28(17-19-9-3-1-4-10-19)18-20-11-5-2-6-12-20/h1-16H,17-18H2/b16-15+. The van der Waals surface area contributed by atoms with Crippen LogP contribution in [0.5, 0.6) is 0 Å². The third-order valence-electron chi connectivity index (χ3n) is 5.01. The van der Waals surface area contributed by atoms with Crippen molar-refractivity contribution in [2.45, 2.75) is 13.1 Å². The first-order valence-corrected chi connectivity index (χ1v) is 10.1. The van der Waals surface area contributed by atoms with Crippen molar-refractivity contribution in [2.24, 2.45) is 0 Å². The molecule has 3 aromatic carbocycles. The molecule has 0 bridgehead atoms. The normalized spacial score (nSPS) is 13.6. The van der Waals surface area contributed by atoms with Gasteiger partial charge < -0.3 is 4.90 Å². The minimum Gasteiger partial charge on any atom is -0.369 e. The molecule has 0 radical (unpaired) electrons. The van der Waals surface area contributed by atoms with Gasteiger partial charge >= 0.3 is 0 Å². The summed E-state index contributed by atoms with van der Waals surface area (Å²) in [5, 5.41) is -0.0330. The average Bonchev–Trinajstić information content (AvgIpc) is 2.79. The fourth-order valence-electron chi connectivity index (χ4n) is 3.49. The van der Waals surface area contributed by atoms with Crippen LogP contribution in [-0.2, 0) is 13.1 Å². The van der Waals surface area contributed by atoms with E-state index in [-0.39, 0.29) is 22.2 Å². The summed E-state index contributed by atoms with van der Waals surface area (Å²) in [5.41, 5.74) is 3.27. The van der Waals surface area contributed by atoms with Gasteiger partial charge in [-0.1, -0.05) is 96.5 Å². The molecular formula is C26H20ClNO2. The fourth-order valence-corrected chi connectivity index (χ4v) is 3.74. The first-order chi connectivity index (χ1) is 14.6. The third kappa shape index (κ3) is 4.27. The highest BCUT2D eigenvalue weighted by Gasteiger charge is 2.29. The molecular weight excluding hydrogens is 394 g/mol. The number of benzene rings is 3. The van der Waals surface area contributed by atoms with Gasteiger partial charge in [-0.2, -0.15) is 0 Å². The van der Waals surface area contributed by atoms with Crippen molar-refractivity contribution >= 4 is 23.2 Å². The summed E-state index contributed by atoms with van der Waals surface area (Å²) < 4.78 is 0. The largest absolute Gasteiger partial charge is 0.369 e. The number of carbonyl (C=O) groups is 2. The Labute approximate surface area is 180 Å². The molecule has 0 amide bonds. The van der Waals surface area contributed by atoms with Crippen molar-refractivity contribution in [2.75, 3.05) is 0 Å². The number of rotatable bonds is 6. The zero-order valence-electron chi connectivity index (χ0n) is 16.3. The van der Waals surface area contributed by atoms with E-state index in [1.807, 2.05) is 42.6 Å². The quantitative estimate of drug-likeness (QED) is 0.514. The Morgan fingerprint density at radius 1 is 0.667 bits per heavy atom. The van der Waals surface area contributed by atoms with E-state index in [0.29, 0.717) is 24.2 Å². The number of halogens is 1. The molecule has 0 saturated carbocycles. The number of hydrogen-bond donors (Lipinski definition) is 0. The van der Waals surface area contributed by atoms with E-state index in [4.69, 9.17) is 11.6 Å². The second kappa shape index (κ2) is 8.93. The lowest BCUT2D eigenvalue weighted by atomic mass is 9.89. The second-order valence-electron chi connectivity index (χ2n) is 7.12. The minimum atomic E-state index is -0.316. The molecule has 1 aliphatic rings. The van der Waals surface area contributed by atoms with Gasteiger partial charge in [0.1, 0.15) is 0 Å². The van der Waals surface area contributed by atoms with Crippen LogP contribution in [0.3, 0.4) is 0 Å². The maximum atomic E-state index is 12.9. The van der Waals surface area contributed by atoms with Crippen LogP contribution in [-0.4, -0.2) is 16.5 Å². The molecule has 148 valence electrons. The fraction of sp³-hybridized carbons (Fsp3) is 0.0769. The zero-order valence-corrected chi connectivity index (χ0v) is 17.0. The zero-order chi connectivity index (χ0) is 20.9. The molecule has 4 heteroatoms. The van der Waals surface area contributed by atoms with E-state index in [0.717, 1.165) is 11.1 Å². The number of hydrogen-bond acceptors (Lipinski definition) is 3. The Hall–Kier alpha value is -3.43. The van der Waals surface area contributed by atoms with Crippen LogP contribution in [0.2, 0.25) is 0 Å². The van der Waals surface area contributed by atoms with Crippen LogP contribution < -0.4 is 0 Å². The summed E-state index contributed by atoms with van der Waals surface area (Å²) in [6, 6.07) is 27.0. The average molecular weight is 414 g/mol. The van der Waals surface area contributed by atoms with E-state index < -0.39 is 0 Å². The van der Waals surface area contributed by atoms with Gasteiger partial charge in [-0.15, -0.1) is 0 Å². The van der Waals surface area contributed by atoms with Gasteiger partial charge in [-0.3, -0.25) is 9.59 Å².